The molecule has 110 valence electrons. The summed E-state index contributed by atoms with van der Waals surface area (Å²) < 4.78 is 18.6. The lowest BCUT2D eigenvalue weighted by Crippen LogP contribution is -2.47. The third-order valence-corrected chi connectivity index (χ3v) is 3.39. The van der Waals surface area contributed by atoms with Gasteiger partial charge in [-0.25, -0.2) is 9.18 Å². The maximum absolute atomic E-state index is 12.8. The Morgan fingerprint density at radius 1 is 1.45 bits per heavy atom. The standard InChI is InChI=1S/C15H21FN2O2/c1-2-17-15(19)18-9-3-4-14(10-18)20-11-12-5-7-13(16)8-6-12/h5-8,14H,2-4,9-11H2,1H3,(H,17,19). The minimum Gasteiger partial charge on any atom is -0.372 e. The van der Waals surface area contributed by atoms with Gasteiger partial charge in [0.05, 0.1) is 12.7 Å². The zero-order valence-electron chi connectivity index (χ0n) is 11.8. The average Bonchev–Trinajstić information content (AvgIpc) is 2.47. The number of benzene rings is 1. The molecular formula is C15H21FN2O2. The highest BCUT2D eigenvalue weighted by Crippen LogP contribution is 2.15. The number of carbonyl (C=O) groups excluding carboxylic acids is 1. The minimum absolute atomic E-state index is 0.0254. The van der Waals surface area contributed by atoms with Gasteiger partial charge in [0.2, 0.25) is 0 Å². The van der Waals surface area contributed by atoms with Crippen LogP contribution >= 0.6 is 0 Å². The summed E-state index contributed by atoms with van der Waals surface area (Å²) in [7, 11) is 0. The first-order valence-corrected chi connectivity index (χ1v) is 7.08. The summed E-state index contributed by atoms with van der Waals surface area (Å²) in [6, 6.07) is 6.28. The number of hydrogen-bond acceptors (Lipinski definition) is 2. The third kappa shape index (κ3) is 4.20. The van der Waals surface area contributed by atoms with Crippen LogP contribution in [0.4, 0.5) is 9.18 Å². The predicted octanol–water partition coefficient (Wildman–Crippen LogP) is 2.54. The lowest BCUT2D eigenvalue weighted by molar-refractivity contribution is -0.000294. The second-order valence-corrected chi connectivity index (χ2v) is 4.98. The monoisotopic (exact) mass is 280 g/mol. The molecule has 4 nitrogen and oxygen atoms in total. The van der Waals surface area contributed by atoms with Gasteiger partial charge in [-0.1, -0.05) is 12.1 Å². The van der Waals surface area contributed by atoms with Crippen molar-refractivity contribution in [3.63, 3.8) is 0 Å². The van der Waals surface area contributed by atoms with Crippen LogP contribution < -0.4 is 5.32 Å². The Morgan fingerprint density at radius 3 is 2.90 bits per heavy atom. The van der Waals surface area contributed by atoms with Gasteiger partial charge in [-0.15, -0.1) is 0 Å². The fourth-order valence-electron chi connectivity index (χ4n) is 2.32. The molecule has 1 aromatic carbocycles. The van der Waals surface area contributed by atoms with E-state index in [-0.39, 0.29) is 18.0 Å². The number of piperidine rings is 1. The van der Waals surface area contributed by atoms with E-state index in [1.54, 1.807) is 17.0 Å². The van der Waals surface area contributed by atoms with Crippen molar-refractivity contribution in [1.29, 1.82) is 0 Å². The van der Waals surface area contributed by atoms with Gasteiger partial charge in [-0.2, -0.15) is 0 Å². The van der Waals surface area contributed by atoms with Crippen LogP contribution in [0.15, 0.2) is 24.3 Å². The average molecular weight is 280 g/mol. The maximum atomic E-state index is 12.8. The molecule has 0 aliphatic carbocycles. The highest BCUT2D eigenvalue weighted by Gasteiger charge is 2.23. The van der Waals surface area contributed by atoms with Crippen molar-refractivity contribution in [2.45, 2.75) is 32.5 Å². The first-order chi connectivity index (χ1) is 9.69. The van der Waals surface area contributed by atoms with Crippen LogP contribution in [-0.2, 0) is 11.3 Å². The quantitative estimate of drug-likeness (QED) is 0.921. The van der Waals surface area contributed by atoms with Gasteiger partial charge in [0, 0.05) is 19.6 Å². The molecule has 0 aromatic heterocycles. The number of carbonyl (C=O) groups is 1. The van der Waals surface area contributed by atoms with Crippen molar-refractivity contribution in [1.82, 2.24) is 10.2 Å². The number of rotatable bonds is 4. The SMILES string of the molecule is CCNC(=O)N1CCCC(OCc2ccc(F)cc2)C1. The van der Waals surface area contributed by atoms with Crippen molar-refractivity contribution < 1.29 is 13.9 Å². The molecule has 1 saturated heterocycles. The van der Waals surface area contributed by atoms with E-state index in [1.807, 2.05) is 6.92 Å². The molecule has 1 unspecified atom stereocenters. The number of hydrogen-bond donors (Lipinski definition) is 1. The smallest absolute Gasteiger partial charge is 0.317 e. The summed E-state index contributed by atoms with van der Waals surface area (Å²) in [6.07, 6.45) is 1.96. The van der Waals surface area contributed by atoms with Gasteiger partial charge in [0.1, 0.15) is 5.82 Å². The van der Waals surface area contributed by atoms with Gasteiger partial charge >= 0.3 is 6.03 Å². The second kappa shape index (κ2) is 7.24. The van der Waals surface area contributed by atoms with Crippen LogP contribution in [0.25, 0.3) is 0 Å². The normalized spacial score (nSPS) is 18.9. The molecule has 5 heteroatoms. The van der Waals surface area contributed by atoms with Crippen molar-refractivity contribution in [2.75, 3.05) is 19.6 Å². The molecule has 0 bridgehead atoms. The first-order valence-electron chi connectivity index (χ1n) is 7.08. The number of likely N-dealkylation sites (tertiary alicyclic amines) is 1. The van der Waals surface area contributed by atoms with Gasteiger partial charge in [0.15, 0.2) is 0 Å². The number of nitrogens with zero attached hydrogens (tertiary/aromatic N) is 1. The lowest BCUT2D eigenvalue weighted by atomic mass is 10.1. The minimum atomic E-state index is -0.242. The molecule has 0 saturated carbocycles. The molecule has 1 heterocycles. The fraction of sp³-hybridized carbons (Fsp3) is 0.533. The van der Waals surface area contributed by atoms with Crippen molar-refractivity contribution >= 4 is 6.03 Å². The molecule has 1 atom stereocenters. The number of nitrogens with one attached hydrogen (secondary N) is 1. The van der Waals surface area contributed by atoms with E-state index >= 15 is 0 Å². The summed E-state index contributed by atoms with van der Waals surface area (Å²) >= 11 is 0. The summed E-state index contributed by atoms with van der Waals surface area (Å²) in [6.45, 7) is 4.39. The number of halogens is 1. The largest absolute Gasteiger partial charge is 0.372 e. The van der Waals surface area contributed by atoms with Crippen molar-refractivity contribution in [3.05, 3.63) is 35.6 Å². The van der Waals surface area contributed by atoms with Gasteiger partial charge in [-0.05, 0) is 37.5 Å². The Bertz CT molecular complexity index is 436. The van der Waals surface area contributed by atoms with Crippen LogP contribution in [0.1, 0.15) is 25.3 Å². The van der Waals surface area contributed by atoms with E-state index in [1.165, 1.54) is 12.1 Å². The lowest BCUT2D eigenvalue weighted by Gasteiger charge is -2.32. The van der Waals surface area contributed by atoms with Crippen LogP contribution in [-0.4, -0.2) is 36.7 Å². The molecule has 2 amide bonds. The second-order valence-electron chi connectivity index (χ2n) is 4.98. The molecule has 2 rings (SSSR count). The predicted molar refractivity (Wildman–Crippen MR) is 74.9 cm³/mol. The van der Waals surface area contributed by atoms with Crippen molar-refractivity contribution in [2.24, 2.45) is 0 Å². The van der Waals surface area contributed by atoms with Crippen LogP contribution in [0.3, 0.4) is 0 Å². The maximum Gasteiger partial charge on any atom is 0.317 e. The highest BCUT2D eigenvalue weighted by atomic mass is 19.1. The summed E-state index contributed by atoms with van der Waals surface area (Å²) in [5.41, 5.74) is 0.946. The number of ether oxygens (including phenoxy) is 1. The van der Waals surface area contributed by atoms with Crippen molar-refractivity contribution in [3.8, 4) is 0 Å². The Hall–Kier alpha value is -1.62. The van der Waals surface area contributed by atoms with E-state index in [9.17, 15) is 9.18 Å². The first kappa shape index (κ1) is 14.8. The Balaban J connectivity index is 1.80. The van der Waals surface area contributed by atoms with Gasteiger partial charge in [-0.3, -0.25) is 0 Å². The van der Waals surface area contributed by atoms with E-state index < -0.39 is 0 Å². The molecule has 20 heavy (non-hydrogen) atoms. The molecule has 1 aliphatic heterocycles. The zero-order chi connectivity index (χ0) is 14.4. The van der Waals surface area contributed by atoms with Gasteiger partial charge < -0.3 is 15.0 Å². The number of amides is 2. The molecule has 1 N–H and O–H groups in total. The molecule has 0 spiro atoms. The molecule has 1 aliphatic rings. The van der Waals surface area contributed by atoms with E-state index in [4.69, 9.17) is 4.74 Å². The van der Waals surface area contributed by atoms with Crippen LogP contribution in [0, 0.1) is 5.82 Å². The Labute approximate surface area is 118 Å². The molecule has 0 radical (unpaired) electrons. The summed E-state index contributed by atoms with van der Waals surface area (Å²) in [4.78, 5) is 13.6. The van der Waals surface area contributed by atoms with E-state index in [2.05, 4.69) is 5.32 Å². The van der Waals surface area contributed by atoms with E-state index in [0.717, 1.165) is 24.9 Å². The van der Waals surface area contributed by atoms with Gasteiger partial charge in [0.25, 0.3) is 0 Å². The fourth-order valence-corrected chi connectivity index (χ4v) is 2.32. The van der Waals surface area contributed by atoms with E-state index in [0.29, 0.717) is 19.7 Å². The Morgan fingerprint density at radius 2 is 2.20 bits per heavy atom. The summed E-state index contributed by atoms with van der Waals surface area (Å²) in [5.74, 6) is -0.242. The zero-order valence-corrected chi connectivity index (χ0v) is 11.8. The molecular weight excluding hydrogens is 259 g/mol. The molecule has 1 aromatic rings. The van der Waals surface area contributed by atoms with Crippen LogP contribution in [0.5, 0.6) is 0 Å². The molecule has 1 fully saturated rings. The van der Waals surface area contributed by atoms with Crippen LogP contribution in [0.2, 0.25) is 0 Å². The highest BCUT2D eigenvalue weighted by molar-refractivity contribution is 5.74. The summed E-state index contributed by atoms with van der Waals surface area (Å²) in [5, 5.41) is 2.81. The third-order valence-electron chi connectivity index (χ3n) is 3.39. The number of urea groups is 1. The topological polar surface area (TPSA) is 41.6 Å². The Kier molecular flexibility index (Phi) is 5.35.